The highest BCUT2D eigenvalue weighted by molar-refractivity contribution is 5.70. The third-order valence-electron chi connectivity index (χ3n) is 3.77. The fourth-order valence-corrected chi connectivity index (χ4v) is 2.42. The van der Waals surface area contributed by atoms with Crippen LogP contribution in [-0.2, 0) is 24.4 Å². The molecule has 2 aromatic rings. The van der Waals surface area contributed by atoms with Gasteiger partial charge in [-0.1, -0.05) is 6.92 Å². The number of hydrogen-bond donors (Lipinski definition) is 1. The van der Waals surface area contributed by atoms with Gasteiger partial charge in [0.2, 0.25) is 0 Å². The van der Waals surface area contributed by atoms with Crippen LogP contribution in [0.3, 0.4) is 0 Å². The fraction of sp³-hybridized carbons (Fsp3) is 0.643. The zero-order valence-corrected chi connectivity index (χ0v) is 13.3. The zero-order valence-electron chi connectivity index (χ0n) is 13.3. The molecule has 1 unspecified atom stereocenters. The molecule has 2 rings (SSSR count). The molecule has 0 amide bonds. The van der Waals surface area contributed by atoms with Gasteiger partial charge in [0.15, 0.2) is 11.2 Å². The van der Waals surface area contributed by atoms with Crippen LogP contribution in [0.15, 0.2) is 15.9 Å². The lowest BCUT2D eigenvalue weighted by Gasteiger charge is -2.13. The van der Waals surface area contributed by atoms with Crippen LogP contribution in [-0.4, -0.2) is 38.4 Å². The van der Waals surface area contributed by atoms with E-state index in [0.29, 0.717) is 37.4 Å². The first-order chi connectivity index (χ1) is 10.5. The van der Waals surface area contributed by atoms with Gasteiger partial charge in [-0.05, 0) is 13.3 Å². The summed E-state index contributed by atoms with van der Waals surface area (Å²) in [5, 5.41) is 0. The highest BCUT2D eigenvalue weighted by Gasteiger charge is 2.17. The van der Waals surface area contributed by atoms with Crippen LogP contribution in [0.5, 0.6) is 0 Å². The average Bonchev–Trinajstić information content (AvgIpc) is 2.91. The molecule has 2 aromatic heterocycles. The Hall–Kier alpha value is -1.93. The standard InChI is InChI=1S/C14H23N5O3/c1-4-10(15)8-17-9-16-12-11(17)13(20)18(5-2)14(21)19(12)6-7-22-3/h9-10H,4-8,15H2,1-3H3. The Morgan fingerprint density at radius 3 is 2.64 bits per heavy atom. The Bertz CT molecular complexity index is 758. The Balaban J connectivity index is 2.69. The van der Waals surface area contributed by atoms with Gasteiger partial charge in [0.1, 0.15) is 0 Å². The van der Waals surface area contributed by atoms with Crippen molar-refractivity contribution >= 4 is 11.2 Å². The Labute approximate surface area is 128 Å². The molecule has 0 fully saturated rings. The van der Waals surface area contributed by atoms with Crippen molar-refractivity contribution in [3.8, 4) is 0 Å². The molecule has 2 heterocycles. The quantitative estimate of drug-likeness (QED) is 0.761. The molecule has 1 atom stereocenters. The number of fused-ring (bicyclic) bond motifs is 1. The molecule has 0 aliphatic rings. The van der Waals surface area contributed by atoms with E-state index in [1.54, 1.807) is 24.9 Å². The van der Waals surface area contributed by atoms with Gasteiger partial charge in [-0.25, -0.2) is 9.78 Å². The minimum Gasteiger partial charge on any atom is -0.383 e. The number of hydrogen-bond acceptors (Lipinski definition) is 5. The summed E-state index contributed by atoms with van der Waals surface area (Å²) in [6, 6.07) is -0.0637. The van der Waals surface area contributed by atoms with Gasteiger partial charge in [0, 0.05) is 26.2 Å². The van der Waals surface area contributed by atoms with Gasteiger partial charge in [-0.3, -0.25) is 13.9 Å². The normalized spacial score (nSPS) is 12.9. The van der Waals surface area contributed by atoms with E-state index in [9.17, 15) is 9.59 Å². The molecule has 0 spiro atoms. The summed E-state index contributed by atoms with van der Waals surface area (Å²) < 4.78 is 9.48. The van der Waals surface area contributed by atoms with E-state index in [1.165, 1.54) is 9.13 Å². The van der Waals surface area contributed by atoms with Crippen LogP contribution in [0.1, 0.15) is 20.3 Å². The van der Waals surface area contributed by atoms with Crippen LogP contribution < -0.4 is 17.0 Å². The SMILES string of the molecule is CCC(N)Cn1cnc2c1c(=O)n(CC)c(=O)n2CCOC. The molecule has 122 valence electrons. The highest BCUT2D eigenvalue weighted by Crippen LogP contribution is 2.08. The number of ether oxygens (including phenoxy) is 1. The van der Waals surface area contributed by atoms with Gasteiger partial charge >= 0.3 is 5.69 Å². The van der Waals surface area contributed by atoms with Crippen molar-refractivity contribution in [1.82, 2.24) is 18.7 Å². The van der Waals surface area contributed by atoms with E-state index >= 15 is 0 Å². The van der Waals surface area contributed by atoms with Crippen LogP contribution in [0.2, 0.25) is 0 Å². The molecule has 8 nitrogen and oxygen atoms in total. The maximum atomic E-state index is 12.6. The molecule has 0 aliphatic carbocycles. The predicted octanol–water partition coefficient (Wildman–Crippen LogP) is -0.237. The van der Waals surface area contributed by atoms with Crippen LogP contribution in [0.4, 0.5) is 0 Å². The maximum Gasteiger partial charge on any atom is 0.332 e. The van der Waals surface area contributed by atoms with Gasteiger partial charge in [-0.15, -0.1) is 0 Å². The van der Waals surface area contributed by atoms with E-state index in [0.717, 1.165) is 6.42 Å². The summed E-state index contributed by atoms with van der Waals surface area (Å²) in [5.74, 6) is 0. The molecule has 0 bridgehead atoms. The summed E-state index contributed by atoms with van der Waals surface area (Å²) >= 11 is 0. The lowest BCUT2D eigenvalue weighted by atomic mass is 10.2. The molecule has 0 saturated carbocycles. The number of imidazole rings is 1. The zero-order chi connectivity index (χ0) is 16.3. The minimum atomic E-state index is -0.359. The van der Waals surface area contributed by atoms with Crippen molar-refractivity contribution in [1.29, 1.82) is 0 Å². The van der Waals surface area contributed by atoms with Crippen molar-refractivity contribution in [3.63, 3.8) is 0 Å². The highest BCUT2D eigenvalue weighted by atomic mass is 16.5. The second-order valence-corrected chi connectivity index (χ2v) is 5.21. The maximum absolute atomic E-state index is 12.6. The first-order valence-electron chi connectivity index (χ1n) is 7.48. The predicted molar refractivity (Wildman–Crippen MR) is 84.1 cm³/mol. The summed E-state index contributed by atoms with van der Waals surface area (Å²) in [4.78, 5) is 29.3. The third kappa shape index (κ3) is 2.84. The molecule has 22 heavy (non-hydrogen) atoms. The van der Waals surface area contributed by atoms with E-state index in [4.69, 9.17) is 10.5 Å². The molecule has 2 N–H and O–H groups in total. The molecular weight excluding hydrogens is 286 g/mol. The van der Waals surface area contributed by atoms with E-state index < -0.39 is 0 Å². The van der Waals surface area contributed by atoms with Crippen molar-refractivity contribution < 1.29 is 4.74 Å². The topological polar surface area (TPSA) is 97.1 Å². The first kappa shape index (κ1) is 16.4. The monoisotopic (exact) mass is 309 g/mol. The smallest absolute Gasteiger partial charge is 0.332 e. The van der Waals surface area contributed by atoms with Crippen LogP contribution in [0.25, 0.3) is 11.2 Å². The number of methoxy groups -OCH3 is 1. The molecule has 8 heteroatoms. The van der Waals surface area contributed by atoms with Gasteiger partial charge in [-0.2, -0.15) is 0 Å². The van der Waals surface area contributed by atoms with Crippen LogP contribution >= 0.6 is 0 Å². The fourth-order valence-electron chi connectivity index (χ4n) is 2.42. The Kier molecular flexibility index (Phi) is 5.15. The van der Waals surface area contributed by atoms with Crippen LogP contribution in [0, 0.1) is 0 Å². The van der Waals surface area contributed by atoms with E-state index in [-0.39, 0.29) is 17.3 Å². The van der Waals surface area contributed by atoms with Crippen molar-refractivity contribution in [2.24, 2.45) is 5.73 Å². The Morgan fingerprint density at radius 1 is 1.32 bits per heavy atom. The number of rotatable bonds is 7. The Morgan fingerprint density at radius 2 is 2.05 bits per heavy atom. The number of nitrogens with two attached hydrogens (primary N) is 1. The largest absolute Gasteiger partial charge is 0.383 e. The first-order valence-corrected chi connectivity index (χ1v) is 7.48. The van der Waals surface area contributed by atoms with Gasteiger partial charge in [0.05, 0.1) is 19.5 Å². The molecule has 0 saturated heterocycles. The van der Waals surface area contributed by atoms with Crippen molar-refractivity contribution in [3.05, 3.63) is 27.2 Å². The lowest BCUT2D eigenvalue weighted by molar-refractivity contribution is 0.186. The lowest BCUT2D eigenvalue weighted by Crippen LogP contribution is -2.41. The molecule has 0 aromatic carbocycles. The summed E-state index contributed by atoms with van der Waals surface area (Å²) in [6.45, 7) is 5.29. The molecular formula is C14H23N5O3. The average molecular weight is 309 g/mol. The van der Waals surface area contributed by atoms with E-state index in [2.05, 4.69) is 4.98 Å². The third-order valence-corrected chi connectivity index (χ3v) is 3.77. The second kappa shape index (κ2) is 6.89. The summed E-state index contributed by atoms with van der Waals surface area (Å²) in [5.41, 5.74) is 6.10. The molecule has 0 radical (unpaired) electrons. The number of nitrogens with zero attached hydrogens (tertiary/aromatic N) is 4. The summed E-state index contributed by atoms with van der Waals surface area (Å²) in [6.07, 6.45) is 2.37. The van der Waals surface area contributed by atoms with Crippen molar-refractivity contribution in [2.45, 2.75) is 45.9 Å². The second-order valence-electron chi connectivity index (χ2n) is 5.21. The number of aromatic nitrogens is 4. The van der Waals surface area contributed by atoms with Crippen molar-refractivity contribution in [2.75, 3.05) is 13.7 Å². The summed E-state index contributed by atoms with van der Waals surface area (Å²) in [7, 11) is 1.57. The minimum absolute atomic E-state index is 0.0637. The van der Waals surface area contributed by atoms with Gasteiger partial charge in [0.25, 0.3) is 5.56 Å². The van der Waals surface area contributed by atoms with Gasteiger partial charge < -0.3 is 15.0 Å². The molecule has 0 aliphatic heterocycles. The van der Waals surface area contributed by atoms with E-state index in [1.807, 2.05) is 6.92 Å².